The van der Waals surface area contributed by atoms with Crippen LogP contribution in [-0.2, 0) is 19.4 Å². The SMILES string of the molecule is CCOC(=O)[C@@]1(CN)[C@H](S(C)(=O)=O)[C@@H]1c1ccc(OC)cc1. The van der Waals surface area contributed by atoms with E-state index in [1.54, 1.807) is 38.3 Å². The van der Waals surface area contributed by atoms with Gasteiger partial charge in [-0.25, -0.2) is 8.42 Å². The molecule has 0 radical (unpaired) electrons. The summed E-state index contributed by atoms with van der Waals surface area (Å²) in [6.45, 7) is 1.80. The highest BCUT2D eigenvalue weighted by atomic mass is 32.2. The van der Waals surface area contributed by atoms with Crippen molar-refractivity contribution in [2.45, 2.75) is 18.1 Å². The average molecular weight is 327 g/mol. The van der Waals surface area contributed by atoms with Crippen LogP contribution in [0.25, 0.3) is 0 Å². The first-order valence-electron chi connectivity index (χ1n) is 7.03. The maximum absolute atomic E-state index is 12.3. The molecule has 6 nitrogen and oxygen atoms in total. The molecule has 1 aliphatic rings. The highest BCUT2D eigenvalue weighted by Gasteiger charge is 2.74. The molecule has 7 heteroatoms. The Morgan fingerprint density at radius 1 is 1.32 bits per heavy atom. The molecule has 3 atom stereocenters. The number of hydrogen-bond acceptors (Lipinski definition) is 6. The molecule has 2 N–H and O–H groups in total. The summed E-state index contributed by atoms with van der Waals surface area (Å²) in [6, 6.07) is 7.00. The number of ether oxygens (including phenoxy) is 2. The van der Waals surface area contributed by atoms with Gasteiger partial charge in [-0.15, -0.1) is 0 Å². The van der Waals surface area contributed by atoms with Crippen molar-refractivity contribution in [2.24, 2.45) is 11.1 Å². The molecule has 1 aliphatic carbocycles. The van der Waals surface area contributed by atoms with E-state index in [4.69, 9.17) is 15.2 Å². The van der Waals surface area contributed by atoms with Gasteiger partial charge in [0.25, 0.3) is 0 Å². The average Bonchev–Trinajstić information content (AvgIpc) is 3.18. The number of hydrogen-bond donors (Lipinski definition) is 1. The standard InChI is InChI=1S/C15H21NO5S/c1-4-21-14(17)15(9-16)12(13(15)22(3,18)19)10-5-7-11(20-2)8-6-10/h5-8,12-13H,4,9,16H2,1-3H3/t12-,13+,15+/m0/s1. The lowest BCUT2D eigenvalue weighted by Gasteiger charge is -2.14. The first-order chi connectivity index (χ1) is 10.3. The van der Waals surface area contributed by atoms with E-state index in [1.165, 1.54) is 0 Å². The zero-order chi connectivity index (χ0) is 16.5. The second-order valence-electron chi connectivity index (χ2n) is 5.47. The third-order valence-corrected chi connectivity index (χ3v) is 5.80. The van der Waals surface area contributed by atoms with E-state index in [0.29, 0.717) is 5.75 Å². The third-order valence-electron chi connectivity index (χ3n) is 4.19. The minimum absolute atomic E-state index is 0.0692. The summed E-state index contributed by atoms with van der Waals surface area (Å²) in [5, 5.41) is -0.850. The zero-order valence-electron chi connectivity index (χ0n) is 12.9. The third kappa shape index (κ3) is 2.59. The summed E-state index contributed by atoms with van der Waals surface area (Å²) >= 11 is 0. The van der Waals surface area contributed by atoms with E-state index in [1.807, 2.05) is 0 Å². The van der Waals surface area contributed by atoms with E-state index in [9.17, 15) is 13.2 Å². The highest BCUT2D eigenvalue weighted by molar-refractivity contribution is 7.91. The predicted octanol–water partition coefficient (Wildman–Crippen LogP) is 0.714. The van der Waals surface area contributed by atoms with Crippen LogP contribution in [0, 0.1) is 5.41 Å². The minimum atomic E-state index is -3.44. The molecule has 1 saturated carbocycles. The number of nitrogens with two attached hydrogens (primary N) is 1. The van der Waals surface area contributed by atoms with Crippen LogP contribution in [0.1, 0.15) is 18.4 Å². The molecule has 0 heterocycles. The van der Waals surface area contributed by atoms with Crippen LogP contribution in [-0.4, -0.2) is 46.2 Å². The van der Waals surface area contributed by atoms with Crippen molar-refractivity contribution in [3.63, 3.8) is 0 Å². The van der Waals surface area contributed by atoms with Gasteiger partial charge in [0.1, 0.15) is 11.2 Å². The fourth-order valence-electron chi connectivity index (χ4n) is 3.15. The molecule has 1 aromatic carbocycles. The Hall–Kier alpha value is -1.60. The first-order valence-corrected chi connectivity index (χ1v) is 8.98. The number of carbonyl (C=O) groups is 1. The van der Waals surface area contributed by atoms with Gasteiger partial charge in [-0.2, -0.15) is 0 Å². The van der Waals surface area contributed by atoms with Crippen LogP contribution in [0.4, 0.5) is 0 Å². The largest absolute Gasteiger partial charge is 0.497 e. The molecule has 0 amide bonds. The van der Waals surface area contributed by atoms with Gasteiger partial charge in [-0.1, -0.05) is 12.1 Å². The molecular formula is C15H21NO5S. The lowest BCUT2D eigenvalue weighted by atomic mass is 9.99. The van der Waals surface area contributed by atoms with Crippen LogP contribution >= 0.6 is 0 Å². The van der Waals surface area contributed by atoms with E-state index < -0.39 is 32.4 Å². The fraction of sp³-hybridized carbons (Fsp3) is 0.533. The van der Waals surface area contributed by atoms with Crippen molar-refractivity contribution >= 4 is 15.8 Å². The van der Waals surface area contributed by atoms with Crippen molar-refractivity contribution in [1.29, 1.82) is 0 Å². The number of rotatable bonds is 6. The van der Waals surface area contributed by atoms with Gasteiger partial charge in [-0.3, -0.25) is 4.79 Å². The predicted molar refractivity (Wildman–Crippen MR) is 82.5 cm³/mol. The van der Waals surface area contributed by atoms with Crippen LogP contribution in [0.3, 0.4) is 0 Å². The summed E-state index contributed by atoms with van der Waals surface area (Å²) in [7, 11) is -1.89. The monoisotopic (exact) mass is 327 g/mol. The highest BCUT2D eigenvalue weighted by Crippen LogP contribution is 2.63. The van der Waals surface area contributed by atoms with Gasteiger partial charge in [0.05, 0.1) is 19.0 Å². The van der Waals surface area contributed by atoms with Crippen LogP contribution in [0.2, 0.25) is 0 Å². The number of esters is 1. The molecule has 0 unspecified atom stereocenters. The summed E-state index contributed by atoms with van der Waals surface area (Å²) in [5.74, 6) is -0.374. The summed E-state index contributed by atoms with van der Waals surface area (Å²) < 4.78 is 34.4. The van der Waals surface area contributed by atoms with Crippen molar-refractivity contribution in [3.8, 4) is 5.75 Å². The Bertz CT molecular complexity index is 655. The molecule has 0 spiro atoms. The molecule has 0 aromatic heterocycles. The van der Waals surface area contributed by atoms with E-state index >= 15 is 0 Å². The zero-order valence-corrected chi connectivity index (χ0v) is 13.7. The van der Waals surface area contributed by atoms with Gasteiger partial charge in [0.15, 0.2) is 9.84 Å². The normalized spacial score (nSPS) is 27.3. The van der Waals surface area contributed by atoms with Gasteiger partial charge in [-0.05, 0) is 24.6 Å². The van der Waals surface area contributed by atoms with Crippen molar-refractivity contribution in [1.82, 2.24) is 0 Å². The molecule has 0 aliphatic heterocycles. The quantitative estimate of drug-likeness (QED) is 0.773. The van der Waals surface area contributed by atoms with Gasteiger partial charge >= 0.3 is 5.97 Å². The summed E-state index contributed by atoms with van der Waals surface area (Å²) in [5.41, 5.74) is 5.33. The smallest absolute Gasteiger partial charge is 0.315 e. The van der Waals surface area contributed by atoms with Gasteiger partial charge < -0.3 is 15.2 Å². The van der Waals surface area contributed by atoms with Crippen molar-refractivity contribution in [2.75, 3.05) is 26.5 Å². The molecule has 0 saturated heterocycles. The van der Waals surface area contributed by atoms with Crippen LogP contribution in [0.15, 0.2) is 24.3 Å². The molecule has 22 heavy (non-hydrogen) atoms. The van der Waals surface area contributed by atoms with E-state index in [0.717, 1.165) is 11.8 Å². The van der Waals surface area contributed by atoms with Gasteiger partial charge in [0.2, 0.25) is 0 Å². The Kier molecular flexibility index (Phi) is 4.49. The lowest BCUT2D eigenvalue weighted by molar-refractivity contribution is -0.149. The number of methoxy groups -OCH3 is 1. The van der Waals surface area contributed by atoms with Crippen molar-refractivity contribution in [3.05, 3.63) is 29.8 Å². The first kappa shape index (κ1) is 16.8. The second kappa shape index (κ2) is 5.89. The fourth-order valence-corrected chi connectivity index (χ4v) is 5.07. The maximum Gasteiger partial charge on any atom is 0.315 e. The Morgan fingerprint density at radius 3 is 2.32 bits per heavy atom. The minimum Gasteiger partial charge on any atom is -0.497 e. The lowest BCUT2D eigenvalue weighted by Crippen LogP contribution is -2.33. The molecule has 0 bridgehead atoms. The molecule has 1 aromatic rings. The summed E-state index contributed by atoms with van der Waals surface area (Å²) in [6.07, 6.45) is 1.13. The molecule has 2 rings (SSSR count). The van der Waals surface area contributed by atoms with E-state index in [-0.39, 0.29) is 13.2 Å². The maximum atomic E-state index is 12.3. The van der Waals surface area contributed by atoms with Crippen molar-refractivity contribution < 1.29 is 22.7 Å². The molecule has 122 valence electrons. The molecule has 1 fully saturated rings. The van der Waals surface area contributed by atoms with E-state index in [2.05, 4.69) is 0 Å². The molecular weight excluding hydrogens is 306 g/mol. The Morgan fingerprint density at radius 2 is 1.91 bits per heavy atom. The number of carbonyl (C=O) groups excluding carboxylic acids is 1. The van der Waals surface area contributed by atoms with Crippen LogP contribution in [0.5, 0.6) is 5.75 Å². The van der Waals surface area contributed by atoms with Crippen LogP contribution < -0.4 is 10.5 Å². The Labute approximate surface area is 130 Å². The second-order valence-corrected chi connectivity index (χ2v) is 7.63. The number of benzene rings is 1. The Balaban J connectivity index is 2.44. The summed E-state index contributed by atoms with van der Waals surface area (Å²) in [4.78, 5) is 12.3. The topological polar surface area (TPSA) is 95.7 Å². The van der Waals surface area contributed by atoms with Gasteiger partial charge in [0, 0.05) is 18.7 Å². The number of sulfone groups is 1.